The summed E-state index contributed by atoms with van der Waals surface area (Å²) in [4.78, 5) is 25.9. The predicted molar refractivity (Wildman–Crippen MR) is 128 cm³/mol. The minimum atomic E-state index is -0.412. The van der Waals surface area contributed by atoms with Crippen molar-refractivity contribution in [3.63, 3.8) is 0 Å². The second kappa shape index (κ2) is 9.63. The van der Waals surface area contributed by atoms with E-state index in [1.54, 1.807) is 61.7 Å². The summed E-state index contributed by atoms with van der Waals surface area (Å²) < 4.78 is 16.1. The number of methoxy groups -OCH3 is 2. The summed E-state index contributed by atoms with van der Waals surface area (Å²) in [5, 5.41) is 3.71. The van der Waals surface area contributed by atoms with Crippen LogP contribution in [0.3, 0.4) is 0 Å². The second-order valence-corrected chi connectivity index (χ2v) is 7.48. The van der Waals surface area contributed by atoms with Crippen LogP contribution in [0.4, 0.5) is 5.69 Å². The third-order valence-electron chi connectivity index (χ3n) is 5.01. The molecule has 1 heterocycles. The highest BCUT2D eigenvalue weighted by molar-refractivity contribution is 6.32. The number of fused-ring (bicyclic) bond motifs is 1. The lowest BCUT2D eigenvalue weighted by Crippen LogP contribution is -2.11. The first-order valence-corrected chi connectivity index (χ1v) is 10.4. The van der Waals surface area contributed by atoms with E-state index >= 15 is 0 Å². The molecule has 1 N–H and O–H groups in total. The number of amides is 1. The Morgan fingerprint density at radius 1 is 0.970 bits per heavy atom. The fourth-order valence-corrected chi connectivity index (χ4v) is 3.58. The smallest absolute Gasteiger partial charge is 0.248 e. The van der Waals surface area contributed by atoms with E-state index in [1.165, 1.54) is 19.3 Å². The van der Waals surface area contributed by atoms with Crippen molar-refractivity contribution in [3.05, 3.63) is 94.7 Å². The summed E-state index contributed by atoms with van der Waals surface area (Å²) in [6, 6.07) is 19.1. The van der Waals surface area contributed by atoms with Gasteiger partial charge in [0.05, 0.1) is 24.9 Å². The van der Waals surface area contributed by atoms with Crippen LogP contribution < -0.4 is 14.8 Å². The number of carbonyl (C=O) groups excluding carboxylic acids is 2. The van der Waals surface area contributed by atoms with Gasteiger partial charge in [-0.2, -0.15) is 0 Å². The molecule has 166 valence electrons. The Balaban J connectivity index is 1.64. The van der Waals surface area contributed by atoms with E-state index in [4.69, 9.17) is 25.5 Å². The number of hydrogen-bond acceptors (Lipinski definition) is 5. The van der Waals surface area contributed by atoms with E-state index in [2.05, 4.69) is 5.32 Å². The van der Waals surface area contributed by atoms with Gasteiger partial charge in [0.25, 0.3) is 0 Å². The number of ketones is 1. The summed E-state index contributed by atoms with van der Waals surface area (Å²) in [7, 11) is 3.08. The third-order valence-corrected chi connectivity index (χ3v) is 5.30. The fourth-order valence-electron chi connectivity index (χ4n) is 3.32. The van der Waals surface area contributed by atoms with Gasteiger partial charge in [0, 0.05) is 17.0 Å². The van der Waals surface area contributed by atoms with Crippen LogP contribution >= 0.6 is 11.6 Å². The number of hydrogen-bond donors (Lipinski definition) is 1. The Hall–Kier alpha value is -4.03. The molecular formula is C26H20ClNO5. The zero-order valence-electron chi connectivity index (χ0n) is 17.9. The van der Waals surface area contributed by atoms with Gasteiger partial charge >= 0.3 is 0 Å². The minimum absolute atomic E-state index is 0.0173. The van der Waals surface area contributed by atoms with E-state index < -0.39 is 11.7 Å². The molecule has 0 fully saturated rings. The molecule has 0 aliphatic rings. The number of halogens is 1. The zero-order valence-corrected chi connectivity index (χ0v) is 18.7. The van der Waals surface area contributed by atoms with Gasteiger partial charge < -0.3 is 19.2 Å². The zero-order chi connectivity index (χ0) is 23.4. The average molecular weight is 462 g/mol. The van der Waals surface area contributed by atoms with Crippen LogP contribution in [0, 0.1) is 0 Å². The molecule has 0 radical (unpaired) electrons. The van der Waals surface area contributed by atoms with Gasteiger partial charge in [0.1, 0.15) is 17.1 Å². The molecule has 33 heavy (non-hydrogen) atoms. The van der Waals surface area contributed by atoms with E-state index in [9.17, 15) is 9.59 Å². The van der Waals surface area contributed by atoms with Crippen molar-refractivity contribution in [2.24, 2.45) is 0 Å². The first-order chi connectivity index (χ1) is 16.0. The van der Waals surface area contributed by atoms with Crippen LogP contribution in [-0.2, 0) is 4.79 Å². The van der Waals surface area contributed by atoms with E-state index in [0.717, 1.165) is 11.3 Å². The number of para-hydroxylation sites is 1. The summed E-state index contributed by atoms with van der Waals surface area (Å²) in [5.74, 6) is 0.381. The van der Waals surface area contributed by atoms with Crippen LogP contribution in [0.25, 0.3) is 17.0 Å². The molecule has 4 rings (SSSR count). The summed E-state index contributed by atoms with van der Waals surface area (Å²) in [6.45, 7) is 0. The molecule has 1 amide bonds. The van der Waals surface area contributed by atoms with Crippen molar-refractivity contribution in [2.75, 3.05) is 19.5 Å². The molecule has 0 aliphatic heterocycles. The van der Waals surface area contributed by atoms with Crippen molar-refractivity contribution in [2.45, 2.75) is 0 Å². The average Bonchev–Trinajstić information content (AvgIpc) is 3.20. The molecular weight excluding hydrogens is 442 g/mol. The normalized spacial score (nSPS) is 11.0. The Morgan fingerprint density at radius 3 is 2.42 bits per heavy atom. The van der Waals surface area contributed by atoms with Crippen LogP contribution in [0.1, 0.15) is 21.7 Å². The highest BCUT2D eigenvalue weighted by atomic mass is 35.5. The number of anilines is 1. The molecule has 0 bridgehead atoms. The highest BCUT2D eigenvalue weighted by Gasteiger charge is 2.23. The Morgan fingerprint density at radius 2 is 1.73 bits per heavy atom. The van der Waals surface area contributed by atoms with Crippen molar-refractivity contribution in [3.8, 4) is 11.5 Å². The van der Waals surface area contributed by atoms with Gasteiger partial charge in [-0.1, -0.05) is 35.9 Å². The van der Waals surface area contributed by atoms with Crippen molar-refractivity contribution in [1.82, 2.24) is 0 Å². The minimum Gasteiger partial charge on any atom is -0.497 e. The van der Waals surface area contributed by atoms with Gasteiger partial charge in [-0.15, -0.1) is 0 Å². The van der Waals surface area contributed by atoms with Gasteiger partial charge in [-0.3, -0.25) is 9.59 Å². The number of ether oxygens (including phenoxy) is 2. The molecule has 0 spiro atoms. The van der Waals surface area contributed by atoms with E-state index in [1.807, 2.05) is 12.1 Å². The van der Waals surface area contributed by atoms with E-state index in [-0.39, 0.29) is 5.76 Å². The lowest BCUT2D eigenvalue weighted by molar-refractivity contribution is -0.111. The molecule has 1 aromatic heterocycles. The lowest BCUT2D eigenvalue weighted by Gasteiger charge is -2.06. The molecule has 0 unspecified atom stereocenters. The SMILES string of the molecule is COc1ccc(/C=C/C(=O)Nc2c(C(=O)c3ccc(OC)c(Cl)c3)oc3ccccc23)cc1. The van der Waals surface area contributed by atoms with Gasteiger partial charge in [-0.05, 0) is 54.1 Å². The van der Waals surface area contributed by atoms with Crippen molar-refractivity contribution < 1.29 is 23.5 Å². The van der Waals surface area contributed by atoms with Crippen LogP contribution in [-0.4, -0.2) is 25.9 Å². The summed E-state index contributed by atoms with van der Waals surface area (Å²) in [5.41, 5.74) is 1.91. The van der Waals surface area contributed by atoms with Crippen molar-refractivity contribution in [1.29, 1.82) is 0 Å². The standard InChI is InChI=1S/C26H20ClNO5/c1-31-18-11-7-16(8-12-18)9-14-23(29)28-24-19-5-3-4-6-21(19)33-26(24)25(30)17-10-13-22(32-2)20(27)15-17/h3-15H,1-2H3,(H,28,29)/b14-9+. The quantitative estimate of drug-likeness (QED) is 0.270. The highest BCUT2D eigenvalue weighted by Crippen LogP contribution is 2.34. The first-order valence-electron chi connectivity index (χ1n) is 10.0. The number of nitrogens with one attached hydrogen (secondary N) is 1. The topological polar surface area (TPSA) is 77.8 Å². The number of benzene rings is 3. The molecule has 3 aromatic carbocycles. The van der Waals surface area contributed by atoms with E-state index in [0.29, 0.717) is 33.0 Å². The monoisotopic (exact) mass is 461 g/mol. The number of carbonyl (C=O) groups is 2. The second-order valence-electron chi connectivity index (χ2n) is 7.08. The maximum atomic E-state index is 13.2. The molecule has 4 aromatic rings. The first kappa shape index (κ1) is 22.2. The van der Waals surface area contributed by atoms with Crippen LogP contribution in [0.2, 0.25) is 5.02 Å². The fraction of sp³-hybridized carbons (Fsp3) is 0.0769. The molecule has 0 atom stereocenters. The maximum Gasteiger partial charge on any atom is 0.248 e. The molecule has 6 nitrogen and oxygen atoms in total. The Kier molecular flexibility index (Phi) is 6.47. The number of rotatable bonds is 7. The van der Waals surface area contributed by atoms with Gasteiger partial charge in [-0.25, -0.2) is 0 Å². The molecule has 0 saturated heterocycles. The molecule has 0 saturated carbocycles. The van der Waals surface area contributed by atoms with Crippen LogP contribution in [0.5, 0.6) is 11.5 Å². The number of furan rings is 1. The lowest BCUT2D eigenvalue weighted by atomic mass is 10.1. The predicted octanol–water partition coefficient (Wildman–Crippen LogP) is 5.99. The third kappa shape index (κ3) is 4.76. The molecule has 7 heteroatoms. The maximum absolute atomic E-state index is 13.2. The van der Waals surface area contributed by atoms with Crippen molar-refractivity contribution >= 4 is 46.0 Å². The Bertz CT molecular complexity index is 1360. The molecule has 0 aliphatic carbocycles. The summed E-state index contributed by atoms with van der Waals surface area (Å²) >= 11 is 6.19. The largest absolute Gasteiger partial charge is 0.497 e. The van der Waals surface area contributed by atoms with Gasteiger partial charge in [0.2, 0.25) is 11.7 Å². The van der Waals surface area contributed by atoms with Gasteiger partial charge in [0.15, 0.2) is 5.76 Å². The van der Waals surface area contributed by atoms with Crippen LogP contribution in [0.15, 0.2) is 77.2 Å². The summed E-state index contributed by atoms with van der Waals surface area (Å²) in [6.07, 6.45) is 3.06. The Labute approximate surface area is 195 Å².